The second-order valence-corrected chi connectivity index (χ2v) is 6.33. The number of benzene rings is 1. The molecule has 0 aliphatic rings. The Bertz CT molecular complexity index is 714. The zero-order valence-electron chi connectivity index (χ0n) is 15.1. The van der Waals surface area contributed by atoms with E-state index in [9.17, 15) is 4.79 Å². The Morgan fingerprint density at radius 2 is 1.84 bits per heavy atom. The number of hydrogen-bond donors (Lipinski definition) is 1. The molecule has 0 spiro atoms. The molecule has 0 saturated heterocycles. The summed E-state index contributed by atoms with van der Waals surface area (Å²) in [6.45, 7) is 7.94. The van der Waals surface area contributed by atoms with E-state index in [0.717, 1.165) is 31.5 Å². The number of nitrogens with one attached hydrogen (secondary N) is 1. The zero-order valence-corrected chi connectivity index (χ0v) is 15.8. The third-order valence-electron chi connectivity index (χ3n) is 3.75. The fourth-order valence-corrected chi connectivity index (χ4v) is 2.81. The summed E-state index contributed by atoms with van der Waals surface area (Å²) in [7, 11) is 0. The van der Waals surface area contributed by atoms with E-state index in [2.05, 4.69) is 29.1 Å². The number of aryl methyl sites for hydroxylation is 1. The summed E-state index contributed by atoms with van der Waals surface area (Å²) in [6, 6.07) is 9.36. The molecule has 0 saturated carbocycles. The summed E-state index contributed by atoms with van der Waals surface area (Å²) in [5, 5.41) is 3.94. The van der Waals surface area contributed by atoms with Crippen LogP contribution in [0.3, 0.4) is 0 Å². The maximum Gasteiger partial charge on any atom is 0.272 e. The number of nitrogens with zero attached hydrogens (tertiary/aromatic N) is 3. The first-order valence-corrected chi connectivity index (χ1v) is 9.05. The highest BCUT2D eigenvalue weighted by Crippen LogP contribution is 2.17. The topological polar surface area (TPSA) is 58.1 Å². The van der Waals surface area contributed by atoms with Gasteiger partial charge in [0, 0.05) is 30.7 Å². The Hall–Kier alpha value is -2.14. The van der Waals surface area contributed by atoms with E-state index in [1.807, 2.05) is 29.2 Å². The summed E-state index contributed by atoms with van der Waals surface area (Å²) >= 11 is 6.18. The first-order chi connectivity index (χ1) is 12.0. The van der Waals surface area contributed by atoms with Crippen molar-refractivity contribution in [2.75, 3.05) is 18.4 Å². The summed E-state index contributed by atoms with van der Waals surface area (Å²) in [4.78, 5) is 23.3. The standard InChI is InChI=1S/C19H25ClN4O/c1-4-10-24(11-5-2)19(25)17-12-18(23-14(3)22-17)21-13-15-8-6-7-9-16(15)20/h6-9,12H,4-5,10-11,13H2,1-3H3,(H,21,22,23). The van der Waals surface area contributed by atoms with Crippen molar-refractivity contribution in [1.29, 1.82) is 0 Å². The third-order valence-corrected chi connectivity index (χ3v) is 4.12. The second kappa shape index (κ2) is 9.37. The van der Waals surface area contributed by atoms with Gasteiger partial charge in [-0.15, -0.1) is 0 Å². The third kappa shape index (κ3) is 5.43. The Kier molecular flexibility index (Phi) is 7.19. The monoisotopic (exact) mass is 360 g/mol. The quantitative estimate of drug-likeness (QED) is 0.761. The summed E-state index contributed by atoms with van der Waals surface area (Å²) in [5.74, 6) is 1.15. The molecule has 1 heterocycles. The van der Waals surface area contributed by atoms with Crippen molar-refractivity contribution in [3.05, 3.63) is 52.4 Å². The number of amides is 1. The van der Waals surface area contributed by atoms with Gasteiger partial charge in [0.15, 0.2) is 0 Å². The molecule has 0 radical (unpaired) electrons. The largest absolute Gasteiger partial charge is 0.366 e. The molecule has 25 heavy (non-hydrogen) atoms. The van der Waals surface area contributed by atoms with Crippen LogP contribution in [-0.4, -0.2) is 33.9 Å². The summed E-state index contributed by atoms with van der Waals surface area (Å²) in [6.07, 6.45) is 1.85. The highest BCUT2D eigenvalue weighted by molar-refractivity contribution is 6.31. The minimum absolute atomic E-state index is 0.0463. The van der Waals surface area contributed by atoms with Gasteiger partial charge in [-0.3, -0.25) is 4.79 Å². The van der Waals surface area contributed by atoms with Crippen molar-refractivity contribution >= 4 is 23.3 Å². The molecule has 5 nitrogen and oxygen atoms in total. The number of halogens is 1. The Balaban J connectivity index is 2.16. The van der Waals surface area contributed by atoms with Gasteiger partial charge in [-0.05, 0) is 31.4 Å². The van der Waals surface area contributed by atoms with E-state index in [-0.39, 0.29) is 5.91 Å². The van der Waals surface area contributed by atoms with Gasteiger partial charge in [0.2, 0.25) is 0 Å². The van der Waals surface area contributed by atoms with Crippen molar-refractivity contribution in [3.8, 4) is 0 Å². The number of rotatable bonds is 8. The highest BCUT2D eigenvalue weighted by atomic mass is 35.5. The van der Waals surface area contributed by atoms with Crippen LogP contribution in [0.2, 0.25) is 5.02 Å². The molecule has 1 aromatic heterocycles. The van der Waals surface area contributed by atoms with Crippen LogP contribution < -0.4 is 5.32 Å². The molecular weight excluding hydrogens is 336 g/mol. The van der Waals surface area contributed by atoms with Gasteiger partial charge in [-0.1, -0.05) is 43.6 Å². The Morgan fingerprint density at radius 1 is 1.16 bits per heavy atom. The van der Waals surface area contributed by atoms with Crippen LogP contribution in [0.5, 0.6) is 0 Å². The molecule has 2 rings (SSSR count). The highest BCUT2D eigenvalue weighted by Gasteiger charge is 2.17. The van der Waals surface area contributed by atoms with Crippen molar-refractivity contribution in [1.82, 2.24) is 14.9 Å². The predicted molar refractivity (Wildman–Crippen MR) is 102 cm³/mol. The fraction of sp³-hybridized carbons (Fsp3) is 0.421. The number of aromatic nitrogens is 2. The lowest BCUT2D eigenvalue weighted by atomic mass is 10.2. The Labute approximate surface area is 154 Å². The van der Waals surface area contributed by atoms with Crippen LogP contribution in [0.4, 0.5) is 5.82 Å². The first kappa shape index (κ1) is 19.2. The minimum atomic E-state index is -0.0463. The smallest absolute Gasteiger partial charge is 0.272 e. The first-order valence-electron chi connectivity index (χ1n) is 8.67. The number of hydrogen-bond acceptors (Lipinski definition) is 4. The van der Waals surface area contributed by atoms with Gasteiger partial charge < -0.3 is 10.2 Å². The molecule has 1 amide bonds. The lowest BCUT2D eigenvalue weighted by Gasteiger charge is -2.21. The predicted octanol–water partition coefficient (Wildman–Crippen LogP) is 4.31. The van der Waals surface area contributed by atoms with Crippen LogP contribution in [0.25, 0.3) is 0 Å². The molecule has 6 heteroatoms. The van der Waals surface area contributed by atoms with E-state index in [1.165, 1.54) is 0 Å². The molecule has 0 bridgehead atoms. The number of carbonyl (C=O) groups is 1. The van der Waals surface area contributed by atoms with E-state index in [1.54, 1.807) is 13.0 Å². The van der Waals surface area contributed by atoms with Crippen LogP contribution in [0.15, 0.2) is 30.3 Å². The number of anilines is 1. The van der Waals surface area contributed by atoms with Crippen molar-refractivity contribution in [2.45, 2.75) is 40.2 Å². The molecule has 134 valence electrons. The van der Waals surface area contributed by atoms with Gasteiger partial charge in [-0.2, -0.15) is 0 Å². The van der Waals surface area contributed by atoms with Gasteiger partial charge in [0.05, 0.1) is 0 Å². The fourth-order valence-electron chi connectivity index (χ4n) is 2.61. The average Bonchev–Trinajstić information content (AvgIpc) is 2.60. The van der Waals surface area contributed by atoms with Crippen LogP contribution in [0, 0.1) is 6.92 Å². The molecule has 1 N–H and O–H groups in total. The van der Waals surface area contributed by atoms with Crippen LogP contribution in [-0.2, 0) is 6.54 Å². The molecule has 0 fully saturated rings. The molecule has 0 atom stereocenters. The molecule has 1 aromatic carbocycles. The Morgan fingerprint density at radius 3 is 2.48 bits per heavy atom. The van der Waals surface area contributed by atoms with E-state index < -0.39 is 0 Å². The summed E-state index contributed by atoms with van der Waals surface area (Å²) < 4.78 is 0. The van der Waals surface area contributed by atoms with E-state index >= 15 is 0 Å². The average molecular weight is 361 g/mol. The maximum absolute atomic E-state index is 12.7. The van der Waals surface area contributed by atoms with Gasteiger partial charge in [-0.25, -0.2) is 9.97 Å². The lowest BCUT2D eigenvalue weighted by molar-refractivity contribution is 0.0749. The molecular formula is C19H25ClN4O. The SMILES string of the molecule is CCCN(CCC)C(=O)c1cc(NCc2ccccc2Cl)nc(C)n1. The van der Waals surface area contributed by atoms with Crippen LogP contribution in [0.1, 0.15) is 48.6 Å². The second-order valence-electron chi connectivity index (χ2n) is 5.92. The normalized spacial score (nSPS) is 10.6. The van der Waals surface area contributed by atoms with Crippen molar-refractivity contribution in [3.63, 3.8) is 0 Å². The molecule has 0 aliphatic heterocycles. The molecule has 0 aliphatic carbocycles. The van der Waals surface area contributed by atoms with Gasteiger partial charge in [0.25, 0.3) is 5.91 Å². The molecule has 0 unspecified atom stereocenters. The zero-order chi connectivity index (χ0) is 18.2. The van der Waals surface area contributed by atoms with Crippen molar-refractivity contribution < 1.29 is 4.79 Å². The van der Waals surface area contributed by atoms with E-state index in [4.69, 9.17) is 11.6 Å². The minimum Gasteiger partial charge on any atom is -0.366 e. The van der Waals surface area contributed by atoms with Crippen molar-refractivity contribution in [2.24, 2.45) is 0 Å². The molecule has 2 aromatic rings. The number of carbonyl (C=O) groups excluding carboxylic acids is 1. The lowest BCUT2D eigenvalue weighted by Crippen LogP contribution is -2.33. The van der Waals surface area contributed by atoms with E-state index in [0.29, 0.717) is 28.9 Å². The maximum atomic E-state index is 12.7. The van der Waals surface area contributed by atoms with Crippen LogP contribution >= 0.6 is 11.6 Å². The summed E-state index contributed by atoms with van der Waals surface area (Å²) in [5.41, 5.74) is 1.41. The van der Waals surface area contributed by atoms with Gasteiger partial charge in [0.1, 0.15) is 17.3 Å². The van der Waals surface area contributed by atoms with Gasteiger partial charge >= 0.3 is 0 Å².